The van der Waals surface area contributed by atoms with E-state index in [4.69, 9.17) is 9.88 Å². The fourth-order valence-corrected chi connectivity index (χ4v) is 4.09. The Bertz CT molecular complexity index is 435. The molecular weight excluding hydrogens is 338 g/mol. The molecule has 0 aliphatic carbocycles. The Morgan fingerprint density at radius 1 is 1.29 bits per heavy atom. The molecule has 0 aliphatic rings. The van der Waals surface area contributed by atoms with Crippen LogP contribution in [0.1, 0.15) is 0 Å². The molecule has 0 spiro atoms. The highest BCUT2D eigenvalue weighted by molar-refractivity contribution is 9.11. The maximum atomic E-state index is 11.2. The van der Waals surface area contributed by atoms with E-state index < -0.39 is 10.0 Å². The van der Waals surface area contributed by atoms with E-state index in [1.54, 1.807) is 0 Å². The van der Waals surface area contributed by atoms with E-state index in [0.717, 1.165) is 0 Å². The number of rotatable bonds is 2. The van der Waals surface area contributed by atoms with Crippen LogP contribution in [0.25, 0.3) is 0 Å². The average Bonchev–Trinajstić information content (AvgIpc) is 1.99. The van der Waals surface area contributed by atoms with Gasteiger partial charge >= 0.3 is 0 Å². The summed E-state index contributed by atoms with van der Waals surface area (Å²) in [4.78, 5) is 0.0123. The molecule has 0 amide bonds. The molecule has 0 saturated carbocycles. The Balaban J connectivity index is 3.48. The van der Waals surface area contributed by atoms with E-state index in [9.17, 15) is 8.42 Å². The van der Waals surface area contributed by atoms with Gasteiger partial charge in [-0.2, -0.15) is 0 Å². The Kier molecular flexibility index (Phi) is 3.57. The van der Waals surface area contributed by atoms with E-state index in [1.807, 2.05) is 0 Å². The number of nitrogens with two attached hydrogens (primary N) is 1. The lowest BCUT2D eigenvalue weighted by Crippen LogP contribution is -2.13. The summed E-state index contributed by atoms with van der Waals surface area (Å²) in [5.74, 6) is 0.538. The first kappa shape index (κ1) is 12.0. The van der Waals surface area contributed by atoms with Gasteiger partial charge in [0.2, 0.25) is 10.0 Å². The topological polar surface area (TPSA) is 69.4 Å². The predicted octanol–water partition coefficient (Wildman–Crippen LogP) is 1.87. The van der Waals surface area contributed by atoms with E-state index >= 15 is 0 Å². The van der Waals surface area contributed by atoms with E-state index in [-0.39, 0.29) is 4.90 Å². The van der Waals surface area contributed by atoms with Gasteiger partial charge in [0.15, 0.2) is 0 Å². The lowest BCUT2D eigenvalue weighted by molar-refractivity contribution is 0.413. The molecule has 0 radical (unpaired) electrons. The van der Waals surface area contributed by atoms with Gasteiger partial charge in [0.25, 0.3) is 0 Å². The van der Waals surface area contributed by atoms with Crippen LogP contribution in [0.4, 0.5) is 0 Å². The third kappa shape index (κ3) is 2.47. The molecular formula is C7H7Br2NO3S. The van der Waals surface area contributed by atoms with Gasteiger partial charge in [-0.25, -0.2) is 13.6 Å². The Hall–Kier alpha value is -0.110. The van der Waals surface area contributed by atoms with Crippen molar-refractivity contribution in [1.82, 2.24) is 0 Å². The molecule has 0 aromatic heterocycles. The normalized spacial score (nSPS) is 11.4. The van der Waals surface area contributed by atoms with Crippen molar-refractivity contribution in [1.29, 1.82) is 0 Å². The summed E-state index contributed by atoms with van der Waals surface area (Å²) in [5, 5.41) is 5.02. The number of hydrogen-bond donors (Lipinski definition) is 1. The first-order valence-electron chi connectivity index (χ1n) is 3.42. The molecule has 1 aromatic rings. The fraction of sp³-hybridized carbons (Fsp3) is 0.143. The molecule has 0 heterocycles. The van der Waals surface area contributed by atoms with Crippen LogP contribution in [-0.2, 0) is 10.0 Å². The minimum absolute atomic E-state index is 0.0123. The summed E-state index contributed by atoms with van der Waals surface area (Å²) < 4.78 is 28.0. The molecule has 7 heteroatoms. The van der Waals surface area contributed by atoms with Gasteiger partial charge in [-0.05, 0) is 44.0 Å². The zero-order valence-corrected chi connectivity index (χ0v) is 11.1. The number of methoxy groups -OCH3 is 1. The summed E-state index contributed by atoms with van der Waals surface area (Å²) in [6.07, 6.45) is 0. The second-order valence-electron chi connectivity index (χ2n) is 2.47. The van der Waals surface area contributed by atoms with Crippen molar-refractivity contribution in [3.8, 4) is 5.75 Å². The molecule has 0 bridgehead atoms. The second kappa shape index (κ2) is 4.18. The van der Waals surface area contributed by atoms with Crippen LogP contribution < -0.4 is 9.88 Å². The largest absolute Gasteiger partial charge is 0.497 e. The molecule has 1 rings (SSSR count). The van der Waals surface area contributed by atoms with Crippen molar-refractivity contribution >= 4 is 41.9 Å². The van der Waals surface area contributed by atoms with Gasteiger partial charge in [0.05, 0.1) is 7.11 Å². The monoisotopic (exact) mass is 343 g/mol. The fourth-order valence-electron chi connectivity index (χ4n) is 0.926. The molecule has 0 fully saturated rings. The van der Waals surface area contributed by atoms with E-state index in [0.29, 0.717) is 14.7 Å². The highest BCUT2D eigenvalue weighted by atomic mass is 79.9. The quantitative estimate of drug-likeness (QED) is 0.890. The van der Waals surface area contributed by atoms with E-state index in [1.165, 1.54) is 19.2 Å². The summed E-state index contributed by atoms with van der Waals surface area (Å²) in [6.45, 7) is 0. The van der Waals surface area contributed by atoms with Gasteiger partial charge in [0.1, 0.15) is 10.6 Å². The number of ether oxygens (including phenoxy) is 1. The van der Waals surface area contributed by atoms with Crippen LogP contribution >= 0.6 is 31.9 Å². The van der Waals surface area contributed by atoms with Crippen molar-refractivity contribution in [3.63, 3.8) is 0 Å². The van der Waals surface area contributed by atoms with Crippen LogP contribution in [-0.4, -0.2) is 15.5 Å². The van der Waals surface area contributed by atoms with Gasteiger partial charge in [-0.15, -0.1) is 0 Å². The number of hydrogen-bond acceptors (Lipinski definition) is 3. The molecule has 14 heavy (non-hydrogen) atoms. The summed E-state index contributed by atoms with van der Waals surface area (Å²) in [7, 11) is -2.25. The zero-order valence-electron chi connectivity index (χ0n) is 7.12. The van der Waals surface area contributed by atoms with Crippen LogP contribution in [0.5, 0.6) is 5.75 Å². The number of primary sulfonamides is 1. The lowest BCUT2D eigenvalue weighted by atomic mass is 10.3. The van der Waals surface area contributed by atoms with Crippen LogP contribution in [0.15, 0.2) is 26.0 Å². The minimum atomic E-state index is -3.74. The Morgan fingerprint density at radius 2 is 1.71 bits per heavy atom. The molecule has 4 nitrogen and oxygen atoms in total. The predicted molar refractivity (Wildman–Crippen MR) is 59.8 cm³/mol. The minimum Gasteiger partial charge on any atom is -0.497 e. The Labute approximate surface area is 98.7 Å². The maximum Gasteiger partial charge on any atom is 0.240 e. The zero-order chi connectivity index (χ0) is 10.9. The third-order valence-corrected chi connectivity index (χ3v) is 4.28. The second-order valence-corrected chi connectivity index (χ2v) is 5.67. The van der Waals surface area contributed by atoms with Crippen molar-refractivity contribution < 1.29 is 13.2 Å². The van der Waals surface area contributed by atoms with Crippen molar-refractivity contribution in [2.75, 3.05) is 7.11 Å². The summed E-state index contributed by atoms with van der Waals surface area (Å²) in [5.41, 5.74) is 0. The Morgan fingerprint density at radius 3 is 2.00 bits per heavy atom. The average molecular weight is 345 g/mol. The molecule has 0 atom stereocenters. The van der Waals surface area contributed by atoms with E-state index in [2.05, 4.69) is 31.9 Å². The van der Waals surface area contributed by atoms with Crippen LogP contribution in [0.2, 0.25) is 0 Å². The SMILES string of the molecule is COc1cc(Br)c(S(N)(=O)=O)c(Br)c1. The lowest BCUT2D eigenvalue weighted by Gasteiger charge is -2.07. The first-order valence-corrected chi connectivity index (χ1v) is 6.55. The van der Waals surface area contributed by atoms with Gasteiger partial charge < -0.3 is 4.74 Å². The number of benzene rings is 1. The highest BCUT2D eigenvalue weighted by Gasteiger charge is 2.17. The summed E-state index contributed by atoms with van der Waals surface area (Å²) in [6, 6.07) is 3.06. The standard InChI is InChI=1S/C7H7Br2NO3S/c1-13-4-2-5(8)7(6(9)3-4)14(10,11)12/h2-3H,1H3,(H2,10,11,12). The number of sulfonamides is 1. The van der Waals surface area contributed by atoms with Gasteiger partial charge in [-0.3, -0.25) is 0 Å². The highest BCUT2D eigenvalue weighted by Crippen LogP contribution is 2.33. The smallest absolute Gasteiger partial charge is 0.240 e. The van der Waals surface area contributed by atoms with Crippen LogP contribution in [0.3, 0.4) is 0 Å². The molecule has 1 aromatic carbocycles. The van der Waals surface area contributed by atoms with Crippen LogP contribution in [0, 0.1) is 0 Å². The number of halogens is 2. The molecule has 0 unspecified atom stereocenters. The van der Waals surface area contributed by atoms with Crippen molar-refractivity contribution in [3.05, 3.63) is 21.1 Å². The third-order valence-electron chi connectivity index (χ3n) is 1.49. The molecule has 0 aliphatic heterocycles. The molecule has 0 saturated heterocycles. The van der Waals surface area contributed by atoms with Crippen molar-refractivity contribution in [2.24, 2.45) is 5.14 Å². The van der Waals surface area contributed by atoms with Gasteiger partial charge in [0, 0.05) is 8.95 Å². The first-order chi connectivity index (χ1) is 6.36. The molecule has 78 valence electrons. The van der Waals surface area contributed by atoms with Gasteiger partial charge in [-0.1, -0.05) is 0 Å². The molecule has 2 N–H and O–H groups in total. The van der Waals surface area contributed by atoms with Crippen molar-refractivity contribution in [2.45, 2.75) is 4.90 Å². The maximum absolute atomic E-state index is 11.2. The summed E-state index contributed by atoms with van der Waals surface area (Å²) >= 11 is 6.21.